The molecule has 45 heavy (non-hydrogen) atoms. The molecule has 230 valence electrons. The molecular weight excluding hydrogens is 599 g/mol. The minimum Gasteiger partial charge on any atom is -0.380 e. The van der Waals surface area contributed by atoms with E-state index in [-0.39, 0.29) is 4.90 Å². The lowest BCUT2D eigenvalue weighted by Crippen LogP contribution is -2.47. The van der Waals surface area contributed by atoms with Crippen molar-refractivity contribution in [1.82, 2.24) is 0 Å². The first kappa shape index (κ1) is 32.0. The number of sulfonamides is 1. The number of carbonyl (C=O) groups excluding carboxylic acids is 1. The first-order valence-corrected chi connectivity index (χ1v) is 17.2. The first-order chi connectivity index (χ1) is 21.5. The Hall–Kier alpha value is -4.37. The molecule has 0 heterocycles. The molecule has 5 N–H and O–H groups in total. The number of rotatable bonds is 12. The van der Waals surface area contributed by atoms with E-state index in [4.69, 9.17) is 10.9 Å². The lowest BCUT2D eigenvalue weighted by atomic mass is 9.64. The van der Waals surface area contributed by atoms with E-state index in [1.54, 1.807) is 23.9 Å². The third-order valence-electron chi connectivity index (χ3n) is 8.34. The van der Waals surface area contributed by atoms with Gasteiger partial charge in [0.2, 0.25) is 15.9 Å². The van der Waals surface area contributed by atoms with Gasteiger partial charge in [0.15, 0.2) is 0 Å². The first-order valence-electron chi connectivity index (χ1n) is 14.6. The number of nitrogens with one attached hydrogen (secondary N) is 1. The van der Waals surface area contributed by atoms with E-state index < -0.39 is 32.8 Å². The maximum Gasteiger partial charge on any atom is 0.238 e. The minimum absolute atomic E-state index is 0.0143. The third kappa shape index (κ3) is 6.68. The summed E-state index contributed by atoms with van der Waals surface area (Å²) in [5, 5.41) is 9.42. The number of amides is 1. The molecule has 0 saturated carbocycles. The smallest absolute Gasteiger partial charge is 0.238 e. The maximum atomic E-state index is 12.9. The van der Waals surface area contributed by atoms with Crippen molar-refractivity contribution in [3.05, 3.63) is 162 Å². The van der Waals surface area contributed by atoms with E-state index >= 15 is 0 Å². The van der Waals surface area contributed by atoms with Crippen molar-refractivity contribution in [1.29, 1.82) is 0 Å². The Morgan fingerprint density at radius 3 is 1.60 bits per heavy atom. The van der Waals surface area contributed by atoms with Gasteiger partial charge in [-0.15, -0.1) is 11.8 Å². The lowest BCUT2D eigenvalue weighted by Gasteiger charge is -2.40. The number of hydrogen-bond acceptors (Lipinski definition) is 5. The number of carbonyl (C=O) groups is 1. The zero-order valence-electron chi connectivity index (χ0n) is 25.3. The van der Waals surface area contributed by atoms with Gasteiger partial charge >= 0.3 is 0 Å². The van der Waals surface area contributed by atoms with Crippen LogP contribution in [0, 0.1) is 5.41 Å². The molecule has 0 spiro atoms. The summed E-state index contributed by atoms with van der Waals surface area (Å²) in [6.45, 7) is 3.66. The monoisotopic (exact) mass is 635 g/mol. The Morgan fingerprint density at radius 2 is 1.18 bits per heavy atom. The molecule has 1 unspecified atom stereocenters. The summed E-state index contributed by atoms with van der Waals surface area (Å²) in [6, 6.07) is 44.4. The molecule has 1 amide bonds. The summed E-state index contributed by atoms with van der Waals surface area (Å²) in [6.07, 6.45) is 0. The third-order valence-corrected chi connectivity index (χ3v) is 10.4. The van der Waals surface area contributed by atoms with Gasteiger partial charge in [-0.25, -0.2) is 13.6 Å². The highest BCUT2D eigenvalue weighted by Gasteiger charge is 2.42. The Labute approximate surface area is 269 Å². The van der Waals surface area contributed by atoms with Crippen molar-refractivity contribution >= 4 is 33.4 Å². The van der Waals surface area contributed by atoms with Crippen molar-refractivity contribution in [2.24, 2.45) is 16.3 Å². The van der Waals surface area contributed by atoms with Crippen LogP contribution in [0.25, 0.3) is 0 Å². The molecule has 8 heteroatoms. The number of benzene rings is 5. The van der Waals surface area contributed by atoms with Crippen LogP contribution in [-0.4, -0.2) is 26.1 Å². The highest BCUT2D eigenvalue weighted by Crippen LogP contribution is 2.48. The van der Waals surface area contributed by atoms with Gasteiger partial charge in [-0.3, -0.25) is 4.79 Å². The van der Waals surface area contributed by atoms with E-state index in [0.717, 1.165) is 21.6 Å². The average Bonchev–Trinajstić information content (AvgIpc) is 3.05. The Kier molecular flexibility index (Phi) is 9.48. The van der Waals surface area contributed by atoms with Gasteiger partial charge in [0, 0.05) is 22.4 Å². The SMILES string of the molecule is CC(C)(C(N)=O)C(CSc1ccccc1)Nc1ccc(S(N)(=O)=O)cc1C(c1ccccc1)(c1ccccc1)c1ccccc1. The normalized spacial score (nSPS) is 12.8. The summed E-state index contributed by atoms with van der Waals surface area (Å²) in [5.41, 5.74) is 8.18. The van der Waals surface area contributed by atoms with E-state index in [2.05, 4.69) is 5.32 Å². The second-order valence-electron chi connectivity index (χ2n) is 11.5. The Bertz CT molecular complexity index is 1750. The van der Waals surface area contributed by atoms with Crippen molar-refractivity contribution in [2.75, 3.05) is 11.1 Å². The van der Waals surface area contributed by atoms with E-state index in [0.29, 0.717) is 17.0 Å². The Morgan fingerprint density at radius 1 is 0.733 bits per heavy atom. The van der Waals surface area contributed by atoms with Crippen LogP contribution in [0.1, 0.15) is 36.1 Å². The van der Waals surface area contributed by atoms with Crippen molar-refractivity contribution in [3.63, 3.8) is 0 Å². The lowest BCUT2D eigenvalue weighted by molar-refractivity contribution is -0.126. The highest BCUT2D eigenvalue weighted by atomic mass is 32.2. The number of anilines is 1. The van der Waals surface area contributed by atoms with E-state index in [1.165, 1.54) is 6.07 Å². The summed E-state index contributed by atoms with van der Waals surface area (Å²) in [4.78, 5) is 13.9. The van der Waals surface area contributed by atoms with Gasteiger partial charge < -0.3 is 11.1 Å². The topological polar surface area (TPSA) is 115 Å². The summed E-state index contributed by atoms with van der Waals surface area (Å²) >= 11 is 1.62. The average molecular weight is 636 g/mol. The molecule has 0 saturated heterocycles. The van der Waals surface area contributed by atoms with Crippen molar-refractivity contribution < 1.29 is 13.2 Å². The molecule has 5 aromatic rings. The van der Waals surface area contributed by atoms with Crippen LogP contribution in [0.2, 0.25) is 0 Å². The predicted octanol–water partition coefficient (Wildman–Crippen LogP) is 6.80. The summed E-state index contributed by atoms with van der Waals surface area (Å²) in [7, 11) is -4.07. The summed E-state index contributed by atoms with van der Waals surface area (Å²) < 4.78 is 25.7. The molecular formula is C37H37N3O3S2. The minimum atomic E-state index is -4.07. The number of nitrogens with two attached hydrogens (primary N) is 2. The molecule has 0 aliphatic heterocycles. The molecule has 6 nitrogen and oxygen atoms in total. The second kappa shape index (κ2) is 13.3. The predicted molar refractivity (Wildman–Crippen MR) is 184 cm³/mol. The van der Waals surface area contributed by atoms with E-state index in [1.807, 2.05) is 135 Å². The standard InChI is InChI=1S/C37H37N3O3S2/c1-36(2,35(38)41)34(26-44-30-21-13-6-14-22-30)40-33-24-23-31(45(39,42)43)25-32(33)37(27-15-7-3-8-16-27,28-17-9-4-10-18-28)29-19-11-5-12-20-29/h3-25,34,40H,26H2,1-2H3,(H2,38,41)(H2,39,42,43). The fourth-order valence-corrected chi connectivity index (χ4v) is 7.40. The van der Waals surface area contributed by atoms with Crippen LogP contribution in [-0.2, 0) is 20.2 Å². The number of primary amides is 1. The van der Waals surface area contributed by atoms with Crippen LogP contribution in [0.3, 0.4) is 0 Å². The van der Waals surface area contributed by atoms with Crippen molar-refractivity contribution in [2.45, 2.75) is 35.1 Å². The fraction of sp³-hybridized carbons (Fsp3) is 0.162. The van der Waals surface area contributed by atoms with Gasteiger partial charge in [0.05, 0.1) is 15.7 Å². The zero-order chi connectivity index (χ0) is 32.1. The van der Waals surface area contributed by atoms with Gasteiger partial charge in [-0.05, 0) is 66.4 Å². The molecule has 1 atom stereocenters. The van der Waals surface area contributed by atoms with Gasteiger partial charge in [-0.1, -0.05) is 109 Å². The van der Waals surface area contributed by atoms with Crippen LogP contribution >= 0.6 is 11.8 Å². The highest BCUT2D eigenvalue weighted by molar-refractivity contribution is 7.99. The number of primary sulfonamides is 1. The molecule has 0 aromatic heterocycles. The van der Waals surface area contributed by atoms with Crippen molar-refractivity contribution in [3.8, 4) is 0 Å². The Balaban J connectivity index is 1.81. The van der Waals surface area contributed by atoms with Gasteiger partial charge in [0.1, 0.15) is 0 Å². The van der Waals surface area contributed by atoms with Gasteiger partial charge in [0.25, 0.3) is 0 Å². The fourth-order valence-electron chi connectivity index (χ4n) is 5.65. The number of hydrogen-bond donors (Lipinski definition) is 3. The second-order valence-corrected chi connectivity index (χ2v) is 14.2. The molecule has 0 radical (unpaired) electrons. The number of thioether (sulfide) groups is 1. The van der Waals surface area contributed by atoms with Gasteiger partial charge in [-0.2, -0.15) is 0 Å². The molecule has 0 fully saturated rings. The largest absolute Gasteiger partial charge is 0.380 e. The van der Waals surface area contributed by atoms with Crippen LogP contribution in [0.4, 0.5) is 5.69 Å². The maximum absolute atomic E-state index is 12.9. The van der Waals surface area contributed by atoms with E-state index in [9.17, 15) is 13.2 Å². The molecule has 0 aliphatic rings. The van der Waals surface area contributed by atoms with Crippen LogP contribution < -0.4 is 16.2 Å². The van der Waals surface area contributed by atoms with Crippen LogP contribution in [0.5, 0.6) is 0 Å². The molecule has 0 bridgehead atoms. The van der Waals surface area contributed by atoms with Crippen LogP contribution in [0.15, 0.2) is 149 Å². The molecule has 5 rings (SSSR count). The molecule has 0 aliphatic carbocycles. The zero-order valence-corrected chi connectivity index (χ0v) is 26.9. The quantitative estimate of drug-likeness (QED) is 0.103. The summed E-state index contributed by atoms with van der Waals surface area (Å²) in [5.74, 6) is 0.0718. The molecule has 5 aromatic carbocycles.